The highest BCUT2D eigenvalue weighted by Gasteiger charge is 2.26. The van der Waals surface area contributed by atoms with Gasteiger partial charge in [0.15, 0.2) is 0 Å². The van der Waals surface area contributed by atoms with Gasteiger partial charge in [0.05, 0.1) is 7.11 Å². The third-order valence-electron chi connectivity index (χ3n) is 4.91. The topological polar surface area (TPSA) is 84.9 Å². The van der Waals surface area contributed by atoms with E-state index in [4.69, 9.17) is 32.7 Å². The number of phenols is 1. The molecule has 0 aliphatic carbocycles. The van der Waals surface area contributed by atoms with E-state index in [2.05, 4.69) is 5.32 Å². The Morgan fingerprint density at radius 3 is 2.18 bits per heavy atom. The number of esters is 1. The predicted molar refractivity (Wildman–Crippen MR) is 130 cm³/mol. The number of aromatic hydroxyl groups is 1. The lowest BCUT2D eigenvalue weighted by molar-refractivity contribution is -0.143. The monoisotopic (exact) mass is 495 g/mol. The first-order chi connectivity index (χ1) is 15.3. The van der Waals surface area contributed by atoms with Gasteiger partial charge in [-0.25, -0.2) is 9.59 Å². The lowest BCUT2D eigenvalue weighted by Gasteiger charge is -2.23. The second-order valence-corrected chi connectivity index (χ2v) is 10.0. The van der Waals surface area contributed by atoms with Crippen molar-refractivity contribution in [3.63, 3.8) is 0 Å². The Kier molecular flexibility index (Phi) is 9.04. The number of benzene rings is 2. The molecule has 1 unspecified atom stereocenters. The van der Waals surface area contributed by atoms with E-state index in [0.29, 0.717) is 22.0 Å². The quantitative estimate of drug-likeness (QED) is 0.458. The molecule has 2 N–H and O–H groups in total. The van der Waals surface area contributed by atoms with E-state index in [-0.39, 0.29) is 18.1 Å². The van der Waals surface area contributed by atoms with Crippen molar-refractivity contribution in [1.82, 2.24) is 5.32 Å². The lowest BCUT2D eigenvalue weighted by Crippen LogP contribution is -2.45. The van der Waals surface area contributed by atoms with Gasteiger partial charge in [0.2, 0.25) is 0 Å². The molecule has 180 valence electrons. The number of carbonyl (C=O) groups is 2. The van der Waals surface area contributed by atoms with Crippen molar-refractivity contribution >= 4 is 35.3 Å². The van der Waals surface area contributed by atoms with Crippen LogP contribution in [0.2, 0.25) is 10.0 Å². The first kappa shape index (κ1) is 26.8. The molecule has 0 aliphatic heterocycles. The maximum atomic E-state index is 12.2. The summed E-state index contributed by atoms with van der Waals surface area (Å²) in [6.07, 6.45) is -0.114. The minimum atomic E-state index is -0.964. The van der Waals surface area contributed by atoms with Gasteiger partial charge in [-0.3, -0.25) is 0 Å². The third-order valence-corrected chi connectivity index (χ3v) is 5.59. The molecule has 8 heteroatoms. The van der Waals surface area contributed by atoms with Gasteiger partial charge in [0.1, 0.15) is 17.4 Å². The largest absolute Gasteiger partial charge is 0.508 e. The van der Waals surface area contributed by atoms with Crippen LogP contribution in [-0.2, 0) is 27.1 Å². The molecule has 6 nitrogen and oxygen atoms in total. The van der Waals surface area contributed by atoms with E-state index >= 15 is 0 Å². The molecular weight excluding hydrogens is 465 g/mol. The molecule has 2 aromatic carbocycles. The van der Waals surface area contributed by atoms with Gasteiger partial charge in [0.25, 0.3) is 0 Å². The van der Waals surface area contributed by atoms with Crippen molar-refractivity contribution in [3.05, 3.63) is 62.6 Å². The molecule has 1 amide bonds. The van der Waals surface area contributed by atoms with Crippen molar-refractivity contribution < 1.29 is 24.2 Å². The predicted octanol–water partition coefficient (Wildman–Crippen LogP) is 6.02. The Morgan fingerprint density at radius 1 is 1.06 bits per heavy atom. The van der Waals surface area contributed by atoms with Crippen molar-refractivity contribution in [2.45, 2.75) is 65.0 Å². The number of halogens is 2. The second kappa shape index (κ2) is 11.1. The van der Waals surface area contributed by atoms with Crippen molar-refractivity contribution in [1.29, 1.82) is 0 Å². The van der Waals surface area contributed by atoms with Crippen LogP contribution < -0.4 is 5.32 Å². The van der Waals surface area contributed by atoms with Gasteiger partial charge in [-0.2, -0.15) is 0 Å². The van der Waals surface area contributed by atoms with E-state index in [1.54, 1.807) is 39.0 Å². The maximum Gasteiger partial charge on any atom is 0.408 e. The summed E-state index contributed by atoms with van der Waals surface area (Å²) in [6.45, 7) is 9.22. The van der Waals surface area contributed by atoms with E-state index < -0.39 is 23.7 Å². The smallest absolute Gasteiger partial charge is 0.408 e. The van der Waals surface area contributed by atoms with Crippen LogP contribution in [0.25, 0.3) is 0 Å². The number of rotatable bonds is 7. The number of hydrogen-bond donors (Lipinski definition) is 2. The Balaban J connectivity index is 2.24. The number of carbonyl (C=O) groups excluding carboxylic acids is 2. The van der Waals surface area contributed by atoms with Crippen LogP contribution in [0.3, 0.4) is 0 Å². The number of ether oxygens (including phenoxy) is 2. The molecule has 2 rings (SSSR count). The average molecular weight is 496 g/mol. The standard InChI is InChI=1S/C25H31Cl2NO5/c1-14(2)17-9-15(7-8-22(17)29)10-18-19(26)11-16(12-20(18)27)13-21(23(30)32-6)28-24(31)33-25(3,4)5/h7-9,11-12,14,21,29H,10,13H2,1-6H3,(H,28,31). The minimum Gasteiger partial charge on any atom is -0.508 e. The number of amides is 1. The SMILES string of the molecule is COC(=O)C(Cc1cc(Cl)c(Cc2ccc(O)c(C(C)C)c2)c(Cl)c1)NC(=O)OC(C)(C)C. The first-order valence-electron chi connectivity index (χ1n) is 10.7. The van der Waals surface area contributed by atoms with Crippen molar-refractivity contribution in [2.24, 2.45) is 0 Å². The molecule has 1 atom stereocenters. The van der Waals surface area contributed by atoms with Crippen LogP contribution in [0.5, 0.6) is 5.75 Å². The summed E-state index contributed by atoms with van der Waals surface area (Å²) in [6, 6.07) is 7.93. The first-order valence-corrected chi connectivity index (χ1v) is 11.4. The number of alkyl carbamates (subject to hydrolysis) is 1. The minimum absolute atomic E-state index is 0.127. The van der Waals surface area contributed by atoms with Gasteiger partial charge in [0, 0.05) is 22.9 Å². The number of hydrogen-bond acceptors (Lipinski definition) is 5. The molecular formula is C25H31Cl2NO5. The lowest BCUT2D eigenvalue weighted by atomic mass is 9.95. The van der Waals surface area contributed by atoms with E-state index in [0.717, 1.165) is 16.7 Å². The fraction of sp³-hybridized carbons (Fsp3) is 0.440. The zero-order valence-corrected chi connectivity index (χ0v) is 21.3. The zero-order chi connectivity index (χ0) is 24.9. The highest BCUT2D eigenvalue weighted by atomic mass is 35.5. The molecule has 0 saturated carbocycles. The number of phenolic OH excluding ortho intramolecular Hbond substituents is 1. The number of nitrogens with one attached hydrogen (secondary N) is 1. The molecule has 0 fully saturated rings. The van der Waals surface area contributed by atoms with E-state index in [1.165, 1.54) is 7.11 Å². The molecule has 0 aliphatic rings. The van der Waals surface area contributed by atoms with E-state index in [9.17, 15) is 14.7 Å². The Labute approximate surface area is 205 Å². The van der Waals surface area contributed by atoms with Crippen LogP contribution in [-0.4, -0.2) is 35.9 Å². The van der Waals surface area contributed by atoms with Crippen LogP contribution >= 0.6 is 23.2 Å². The maximum absolute atomic E-state index is 12.2. The highest BCUT2D eigenvalue weighted by Crippen LogP contribution is 2.32. The molecule has 2 aromatic rings. The Morgan fingerprint density at radius 2 is 1.67 bits per heavy atom. The molecule has 0 saturated heterocycles. The van der Waals surface area contributed by atoms with Crippen LogP contribution in [0.15, 0.2) is 30.3 Å². The second-order valence-electron chi connectivity index (χ2n) is 9.19. The summed E-state index contributed by atoms with van der Waals surface area (Å²) >= 11 is 13.1. The van der Waals surface area contributed by atoms with Gasteiger partial charge in [-0.15, -0.1) is 0 Å². The van der Waals surface area contributed by atoms with Crippen LogP contribution in [0, 0.1) is 0 Å². The summed E-state index contributed by atoms with van der Waals surface area (Å²) in [5.41, 5.74) is 2.51. The van der Waals surface area contributed by atoms with Crippen molar-refractivity contribution in [3.8, 4) is 5.75 Å². The average Bonchev–Trinajstić information content (AvgIpc) is 2.69. The Bertz CT molecular complexity index is 991. The summed E-state index contributed by atoms with van der Waals surface area (Å²) in [5, 5.41) is 13.5. The normalized spacial score (nSPS) is 12.4. The van der Waals surface area contributed by atoms with Gasteiger partial charge >= 0.3 is 12.1 Å². The molecule has 0 bridgehead atoms. The van der Waals surface area contributed by atoms with Crippen LogP contribution in [0.1, 0.15) is 62.8 Å². The summed E-state index contributed by atoms with van der Waals surface area (Å²) in [7, 11) is 1.25. The third kappa shape index (κ3) is 7.83. The molecule has 0 aromatic heterocycles. The molecule has 0 radical (unpaired) electrons. The molecule has 33 heavy (non-hydrogen) atoms. The fourth-order valence-corrected chi connectivity index (χ4v) is 4.01. The highest BCUT2D eigenvalue weighted by molar-refractivity contribution is 6.36. The van der Waals surface area contributed by atoms with Gasteiger partial charge in [-0.05, 0) is 67.1 Å². The van der Waals surface area contributed by atoms with Gasteiger partial charge < -0.3 is 19.9 Å². The van der Waals surface area contributed by atoms with E-state index in [1.807, 2.05) is 26.0 Å². The summed E-state index contributed by atoms with van der Waals surface area (Å²) in [4.78, 5) is 24.4. The summed E-state index contributed by atoms with van der Waals surface area (Å²) in [5.74, 6) is -0.180. The zero-order valence-electron chi connectivity index (χ0n) is 19.8. The Hall–Kier alpha value is -2.44. The van der Waals surface area contributed by atoms with Gasteiger partial charge in [-0.1, -0.05) is 49.2 Å². The fourth-order valence-electron chi connectivity index (χ4n) is 3.34. The number of methoxy groups -OCH3 is 1. The van der Waals surface area contributed by atoms with Crippen molar-refractivity contribution in [2.75, 3.05) is 7.11 Å². The van der Waals surface area contributed by atoms with Crippen LogP contribution in [0.4, 0.5) is 4.79 Å². The summed E-state index contributed by atoms with van der Waals surface area (Å²) < 4.78 is 10.1. The molecule has 0 spiro atoms. The molecule has 0 heterocycles.